The van der Waals surface area contributed by atoms with E-state index in [9.17, 15) is 13.2 Å². The lowest BCUT2D eigenvalue weighted by atomic mass is 9.77. The summed E-state index contributed by atoms with van der Waals surface area (Å²) in [5, 5.41) is 2.73. The van der Waals surface area contributed by atoms with Crippen LogP contribution in [0.4, 0.5) is 4.79 Å². The van der Waals surface area contributed by atoms with E-state index >= 15 is 0 Å². The average Bonchev–Trinajstić information content (AvgIpc) is 2.19. The summed E-state index contributed by atoms with van der Waals surface area (Å²) in [7, 11) is -3.49. The highest BCUT2D eigenvalue weighted by Gasteiger charge is 2.41. The van der Waals surface area contributed by atoms with E-state index in [1.165, 1.54) is 6.92 Å². The molecule has 1 saturated carbocycles. The molecule has 0 atom stereocenters. The van der Waals surface area contributed by atoms with Crippen LogP contribution in [-0.2, 0) is 19.0 Å². The second-order valence-corrected chi connectivity index (χ2v) is 7.80. The Morgan fingerprint density at radius 3 is 2.26 bits per heavy atom. The first-order chi connectivity index (χ1) is 8.58. The standard InChI is InChI=1S/C12H23NO5S/c1-5-19(15,16)17-9-12(7-6-8-12)13-10(14)18-11(2,3)4/h5-9H2,1-4H3,(H,13,14). The predicted octanol–water partition coefficient (Wildman–Crippen LogP) is 1.80. The quantitative estimate of drug-likeness (QED) is 0.782. The van der Waals surface area contributed by atoms with Crippen LogP contribution < -0.4 is 5.32 Å². The highest BCUT2D eigenvalue weighted by Crippen LogP contribution is 2.32. The first-order valence-electron chi connectivity index (χ1n) is 6.46. The summed E-state index contributed by atoms with van der Waals surface area (Å²) < 4.78 is 32.8. The minimum atomic E-state index is -3.49. The van der Waals surface area contributed by atoms with Gasteiger partial charge in [0.05, 0.1) is 17.9 Å². The number of alkyl carbamates (subject to hydrolysis) is 1. The van der Waals surface area contributed by atoms with Gasteiger partial charge in [0.2, 0.25) is 0 Å². The summed E-state index contributed by atoms with van der Waals surface area (Å²) in [6.07, 6.45) is 1.80. The molecule has 0 saturated heterocycles. The molecule has 0 bridgehead atoms. The smallest absolute Gasteiger partial charge is 0.408 e. The number of amides is 1. The number of ether oxygens (including phenoxy) is 1. The normalized spacial score (nSPS) is 18.5. The van der Waals surface area contributed by atoms with E-state index in [0.29, 0.717) is 12.8 Å². The maximum absolute atomic E-state index is 11.7. The minimum Gasteiger partial charge on any atom is -0.444 e. The second-order valence-electron chi connectivity index (χ2n) is 5.87. The van der Waals surface area contributed by atoms with Crippen molar-refractivity contribution < 1.29 is 22.1 Å². The number of nitrogens with one attached hydrogen (secondary N) is 1. The third-order valence-electron chi connectivity index (χ3n) is 2.95. The van der Waals surface area contributed by atoms with Gasteiger partial charge in [-0.1, -0.05) is 0 Å². The zero-order valence-corrected chi connectivity index (χ0v) is 12.8. The molecule has 19 heavy (non-hydrogen) atoms. The Morgan fingerprint density at radius 2 is 1.89 bits per heavy atom. The van der Waals surface area contributed by atoms with Crippen molar-refractivity contribution in [2.24, 2.45) is 0 Å². The Morgan fingerprint density at radius 1 is 1.32 bits per heavy atom. The summed E-state index contributed by atoms with van der Waals surface area (Å²) >= 11 is 0. The Labute approximate surface area is 115 Å². The van der Waals surface area contributed by atoms with Gasteiger partial charge in [-0.25, -0.2) is 4.79 Å². The van der Waals surface area contributed by atoms with Crippen LogP contribution in [0.2, 0.25) is 0 Å². The van der Waals surface area contributed by atoms with Crippen molar-refractivity contribution in [3.8, 4) is 0 Å². The van der Waals surface area contributed by atoms with Gasteiger partial charge in [-0.05, 0) is 47.0 Å². The van der Waals surface area contributed by atoms with Gasteiger partial charge in [0.1, 0.15) is 5.60 Å². The van der Waals surface area contributed by atoms with E-state index in [-0.39, 0.29) is 12.4 Å². The highest BCUT2D eigenvalue weighted by molar-refractivity contribution is 7.86. The molecule has 112 valence electrons. The van der Waals surface area contributed by atoms with Crippen molar-refractivity contribution in [1.82, 2.24) is 5.32 Å². The van der Waals surface area contributed by atoms with Crippen LogP contribution >= 0.6 is 0 Å². The first kappa shape index (κ1) is 16.2. The van der Waals surface area contributed by atoms with Crippen molar-refractivity contribution in [3.63, 3.8) is 0 Å². The van der Waals surface area contributed by atoms with Gasteiger partial charge >= 0.3 is 6.09 Å². The molecule has 0 aromatic carbocycles. The molecule has 1 aliphatic carbocycles. The maximum Gasteiger partial charge on any atom is 0.408 e. The van der Waals surface area contributed by atoms with Gasteiger partial charge in [-0.2, -0.15) is 8.42 Å². The number of hydrogen-bond acceptors (Lipinski definition) is 5. The summed E-state index contributed by atoms with van der Waals surface area (Å²) in [6.45, 7) is 6.82. The summed E-state index contributed by atoms with van der Waals surface area (Å²) in [4.78, 5) is 11.7. The lowest BCUT2D eigenvalue weighted by Gasteiger charge is -2.41. The molecule has 0 aromatic heterocycles. The monoisotopic (exact) mass is 293 g/mol. The van der Waals surface area contributed by atoms with Crippen LogP contribution in [-0.4, -0.2) is 38.0 Å². The summed E-state index contributed by atoms with van der Waals surface area (Å²) in [5.74, 6) is -0.0739. The van der Waals surface area contributed by atoms with E-state index in [2.05, 4.69) is 5.32 Å². The molecule has 0 spiro atoms. The zero-order chi connectivity index (χ0) is 14.7. The molecule has 0 aliphatic heterocycles. The number of carbonyl (C=O) groups is 1. The SMILES string of the molecule is CCS(=O)(=O)OCC1(NC(=O)OC(C)(C)C)CCC1. The van der Waals surface area contributed by atoms with E-state index < -0.39 is 27.4 Å². The van der Waals surface area contributed by atoms with Gasteiger partial charge in [0.25, 0.3) is 10.1 Å². The third kappa shape index (κ3) is 5.36. The third-order valence-corrected chi connectivity index (χ3v) is 4.13. The zero-order valence-electron chi connectivity index (χ0n) is 12.0. The summed E-state index contributed by atoms with van der Waals surface area (Å²) in [5.41, 5.74) is -1.18. The van der Waals surface area contributed by atoms with Crippen LogP contribution in [0.5, 0.6) is 0 Å². The Hall–Kier alpha value is -0.820. The van der Waals surface area contributed by atoms with E-state index in [4.69, 9.17) is 8.92 Å². The van der Waals surface area contributed by atoms with Crippen molar-refractivity contribution in [3.05, 3.63) is 0 Å². The number of hydrogen-bond donors (Lipinski definition) is 1. The van der Waals surface area contributed by atoms with E-state index in [1.807, 2.05) is 0 Å². The largest absolute Gasteiger partial charge is 0.444 e. The van der Waals surface area contributed by atoms with E-state index in [0.717, 1.165) is 6.42 Å². The highest BCUT2D eigenvalue weighted by atomic mass is 32.2. The molecule has 0 unspecified atom stereocenters. The van der Waals surface area contributed by atoms with E-state index in [1.54, 1.807) is 20.8 Å². The Balaban J connectivity index is 2.55. The lowest BCUT2D eigenvalue weighted by molar-refractivity contribution is 0.0299. The van der Waals surface area contributed by atoms with Crippen LogP contribution in [0.3, 0.4) is 0 Å². The molecule has 0 heterocycles. The van der Waals surface area contributed by atoms with Gasteiger partial charge in [0, 0.05) is 0 Å². The number of carbonyl (C=O) groups excluding carboxylic acids is 1. The molecule has 0 aromatic rings. The molecule has 1 aliphatic rings. The average molecular weight is 293 g/mol. The molecular formula is C12H23NO5S. The van der Waals surface area contributed by atoms with Crippen LogP contribution in [0.15, 0.2) is 0 Å². The van der Waals surface area contributed by atoms with Gasteiger partial charge in [-0.3, -0.25) is 4.18 Å². The molecular weight excluding hydrogens is 270 g/mol. The Kier molecular flexibility index (Phi) is 4.84. The molecule has 1 rings (SSSR count). The minimum absolute atomic E-state index is 0.0254. The Bertz CT molecular complexity index is 420. The number of rotatable bonds is 5. The van der Waals surface area contributed by atoms with Crippen LogP contribution in [0.1, 0.15) is 47.0 Å². The molecule has 1 N–H and O–H groups in total. The van der Waals surface area contributed by atoms with Crippen molar-refractivity contribution in [2.45, 2.75) is 58.1 Å². The fourth-order valence-electron chi connectivity index (χ4n) is 1.71. The van der Waals surface area contributed by atoms with Crippen molar-refractivity contribution in [1.29, 1.82) is 0 Å². The molecule has 7 heteroatoms. The fraction of sp³-hybridized carbons (Fsp3) is 0.917. The summed E-state index contributed by atoms with van der Waals surface area (Å²) in [6, 6.07) is 0. The predicted molar refractivity (Wildman–Crippen MR) is 71.4 cm³/mol. The van der Waals surface area contributed by atoms with Crippen molar-refractivity contribution in [2.75, 3.05) is 12.4 Å². The first-order valence-corrected chi connectivity index (χ1v) is 8.03. The van der Waals surface area contributed by atoms with Crippen LogP contribution in [0.25, 0.3) is 0 Å². The molecule has 1 amide bonds. The molecule has 6 nitrogen and oxygen atoms in total. The van der Waals surface area contributed by atoms with Gasteiger partial charge < -0.3 is 10.1 Å². The fourth-order valence-corrected chi connectivity index (χ4v) is 2.29. The van der Waals surface area contributed by atoms with Gasteiger partial charge in [-0.15, -0.1) is 0 Å². The van der Waals surface area contributed by atoms with Crippen LogP contribution in [0, 0.1) is 0 Å². The topological polar surface area (TPSA) is 81.7 Å². The van der Waals surface area contributed by atoms with Crippen molar-refractivity contribution >= 4 is 16.2 Å². The second kappa shape index (κ2) is 5.66. The van der Waals surface area contributed by atoms with Gasteiger partial charge in [0.15, 0.2) is 0 Å². The maximum atomic E-state index is 11.7. The molecule has 0 radical (unpaired) electrons. The molecule has 1 fully saturated rings. The lowest BCUT2D eigenvalue weighted by Crippen LogP contribution is -2.57.